The molecule has 0 saturated carbocycles. The summed E-state index contributed by atoms with van der Waals surface area (Å²) in [6.07, 6.45) is 1.78. The minimum absolute atomic E-state index is 0.137. The average molecular weight is 286 g/mol. The summed E-state index contributed by atoms with van der Waals surface area (Å²) in [4.78, 5) is 12.8. The quantitative estimate of drug-likeness (QED) is 0.844. The summed E-state index contributed by atoms with van der Waals surface area (Å²) in [5.74, 6) is 0.483. The number of carbonyl (C=O) groups is 1. The fourth-order valence-electron chi connectivity index (χ4n) is 2.48. The fourth-order valence-corrected chi connectivity index (χ4v) is 2.48. The summed E-state index contributed by atoms with van der Waals surface area (Å²) in [5, 5.41) is 4.39. The van der Waals surface area contributed by atoms with Gasteiger partial charge in [-0.05, 0) is 44.4 Å². The molecule has 1 heterocycles. The van der Waals surface area contributed by atoms with E-state index in [0.29, 0.717) is 17.9 Å². The first-order chi connectivity index (χ1) is 10.1. The maximum absolute atomic E-state index is 12.8. The predicted molar refractivity (Wildman–Crippen MR) is 83.0 cm³/mol. The van der Waals surface area contributed by atoms with Crippen molar-refractivity contribution in [2.45, 2.75) is 40.5 Å². The third kappa shape index (κ3) is 2.99. The Labute approximate surface area is 125 Å². The first-order valence-electron chi connectivity index (χ1n) is 7.41. The Morgan fingerprint density at radius 2 is 1.95 bits per heavy atom. The van der Waals surface area contributed by atoms with Gasteiger partial charge in [-0.3, -0.25) is 4.79 Å². The Kier molecular flexibility index (Phi) is 4.78. The van der Waals surface area contributed by atoms with Crippen LogP contribution in [0.25, 0.3) is 0 Å². The van der Waals surface area contributed by atoms with E-state index in [9.17, 15) is 4.79 Å². The highest BCUT2D eigenvalue weighted by Gasteiger charge is 2.19. The van der Waals surface area contributed by atoms with Crippen molar-refractivity contribution in [2.24, 2.45) is 0 Å². The van der Waals surface area contributed by atoms with Crippen molar-refractivity contribution in [3.63, 3.8) is 0 Å². The van der Waals surface area contributed by atoms with Crippen LogP contribution in [0.1, 0.15) is 47.6 Å². The van der Waals surface area contributed by atoms with E-state index in [-0.39, 0.29) is 5.91 Å². The van der Waals surface area contributed by atoms with E-state index >= 15 is 0 Å². The monoisotopic (exact) mass is 286 g/mol. The van der Waals surface area contributed by atoms with Gasteiger partial charge in [0.05, 0.1) is 17.9 Å². The van der Waals surface area contributed by atoms with E-state index in [2.05, 4.69) is 12.0 Å². The number of rotatable bonds is 5. The van der Waals surface area contributed by atoms with Gasteiger partial charge in [0.25, 0.3) is 5.91 Å². The molecule has 0 aliphatic carbocycles. The molecule has 112 valence electrons. The lowest BCUT2D eigenvalue weighted by Crippen LogP contribution is -2.17. The molecule has 2 rings (SSSR count). The Balaban J connectivity index is 2.41. The average Bonchev–Trinajstić information content (AvgIpc) is 2.79. The van der Waals surface area contributed by atoms with Crippen LogP contribution in [-0.2, 0) is 6.42 Å². The van der Waals surface area contributed by atoms with E-state index in [1.165, 1.54) is 4.68 Å². The van der Waals surface area contributed by atoms with Crippen molar-refractivity contribution in [2.75, 3.05) is 6.61 Å². The lowest BCUT2D eigenvalue weighted by Gasteiger charge is -2.10. The molecule has 2 aromatic rings. The van der Waals surface area contributed by atoms with Gasteiger partial charge in [0.15, 0.2) is 0 Å². The minimum Gasteiger partial charge on any atom is -0.493 e. The molecular weight excluding hydrogens is 264 g/mol. The topological polar surface area (TPSA) is 44.1 Å². The number of aryl methyl sites for hydroxylation is 1. The molecule has 4 heteroatoms. The second-order valence-corrected chi connectivity index (χ2v) is 5.06. The van der Waals surface area contributed by atoms with Crippen LogP contribution >= 0.6 is 0 Å². The van der Waals surface area contributed by atoms with E-state index in [1.54, 1.807) is 6.07 Å². The molecule has 0 saturated heterocycles. The van der Waals surface area contributed by atoms with Crippen LogP contribution in [0.15, 0.2) is 24.3 Å². The van der Waals surface area contributed by atoms with Gasteiger partial charge in [-0.1, -0.05) is 26.0 Å². The number of nitrogens with zero attached hydrogens (tertiary/aromatic N) is 2. The molecule has 0 bridgehead atoms. The molecule has 1 aromatic heterocycles. The second-order valence-electron chi connectivity index (χ2n) is 5.06. The van der Waals surface area contributed by atoms with Gasteiger partial charge in [-0.15, -0.1) is 0 Å². The van der Waals surface area contributed by atoms with Gasteiger partial charge in [0, 0.05) is 5.69 Å². The number of hydrogen-bond acceptors (Lipinski definition) is 3. The lowest BCUT2D eigenvalue weighted by molar-refractivity contribution is 0.0938. The van der Waals surface area contributed by atoms with Gasteiger partial charge in [0.2, 0.25) is 0 Å². The largest absolute Gasteiger partial charge is 0.493 e. The SMILES string of the molecule is CCCOc1ccccc1C(=O)n1nc(C)c(CC)c1C. The molecule has 0 N–H and O–H groups in total. The smallest absolute Gasteiger partial charge is 0.282 e. The van der Waals surface area contributed by atoms with Crippen molar-refractivity contribution < 1.29 is 9.53 Å². The minimum atomic E-state index is -0.137. The first-order valence-corrected chi connectivity index (χ1v) is 7.41. The normalized spacial score (nSPS) is 10.7. The second kappa shape index (κ2) is 6.57. The number of hydrogen-bond donors (Lipinski definition) is 0. The van der Waals surface area contributed by atoms with Crippen LogP contribution in [0.3, 0.4) is 0 Å². The standard InChI is InChI=1S/C17H22N2O2/c1-5-11-21-16-10-8-7-9-15(16)17(20)19-13(4)14(6-2)12(3)18-19/h7-10H,5-6,11H2,1-4H3. The molecular formula is C17H22N2O2. The molecule has 0 atom stereocenters. The Morgan fingerprint density at radius 1 is 1.24 bits per heavy atom. The van der Waals surface area contributed by atoms with Crippen molar-refractivity contribution in [1.82, 2.24) is 9.78 Å². The Bertz CT molecular complexity index is 644. The maximum Gasteiger partial charge on any atom is 0.282 e. The van der Waals surface area contributed by atoms with Crippen molar-refractivity contribution in [1.29, 1.82) is 0 Å². The third-order valence-electron chi connectivity index (χ3n) is 3.57. The summed E-state index contributed by atoms with van der Waals surface area (Å²) in [7, 11) is 0. The summed E-state index contributed by atoms with van der Waals surface area (Å²) in [6, 6.07) is 7.34. The fraction of sp³-hybridized carbons (Fsp3) is 0.412. The van der Waals surface area contributed by atoms with Gasteiger partial charge >= 0.3 is 0 Å². The van der Waals surface area contributed by atoms with E-state index in [4.69, 9.17) is 4.74 Å². The predicted octanol–water partition coefficient (Wildman–Crippen LogP) is 3.54. The van der Waals surface area contributed by atoms with Crippen molar-refractivity contribution in [3.05, 3.63) is 46.8 Å². The van der Waals surface area contributed by atoms with Crippen molar-refractivity contribution in [3.8, 4) is 5.75 Å². The Morgan fingerprint density at radius 3 is 2.57 bits per heavy atom. The van der Waals surface area contributed by atoms with Gasteiger partial charge in [-0.25, -0.2) is 4.68 Å². The summed E-state index contributed by atoms with van der Waals surface area (Å²) >= 11 is 0. The van der Waals surface area contributed by atoms with Crippen molar-refractivity contribution >= 4 is 5.91 Å². The highest BCUT2D eigenvalue weighted by molar-refractivity contribution is 5.98. The lowest BCUT2D eigenvalue weighted by atomic mass is 10.1. The van der Waals surface area contributed by atoms with Crippen LogP contribution in [0, 0.1) is 13.8 Å². The van der Waals surface area contributed by atoms with E-state index in [0.717, 1.165) is 29.8 Å². The van der Waals surface area contributed by atoms with Crippen LogP contribution < -0.4 is 4.74 Å². The van der Waals surface area contributed by atoms with E-state index in [1.807, 2.05) is 39.0 Å². The number of para-hydroxylation sites is 1. The molecule has 21 heavy (non-hydrogen) atoms. The van der Waals surface area contributed by atoms with Gasteiger partial charge in [0.1, 0.15) is 5.75 Å². The van der Waals surface area contributed by atoms with Crippen LogP contribution in [0.5, 0.6) is 5.75 Å². The van der Waals surface area contributed by atoms with Gasteiger partial charge < -0.3 is 4.74 Å². The molecule has 0 unspecified atom stereocenters. The zero-order valence-corrected chi connectivity index (χ0v) is 13.1. The zero-order chi connectivity index (χ0) is 15.4. The van der Waals surface area contributed by atoms with Crippen LogP contribution in [-0.4, -0.2) is 22.3 Å². The number of aromatic nitrogens is 2. The third-order valence-corrected chi connectivity index (χ3v) is 3.57. The summed E-state index contributed by atoms with van der Waals surface area (Å²) in [6.45, 7) is 8.59. The molecule has 0 spiro atoms. The molecule has 0 radical (unpaired) electrons. The molecule has 0 amide bonds. The molecule has 0 fully saturated rings. The summed E-state index contributed by atoms with van der Waals surface area (Å²) < 4.78 is 7.16. The van der Waals surface area contributed by atoms with Gasteiger partial charge in [-0.2, -0.15) is 5.10 Å². The number of ether oxygens (including phenoxy) is 1. The highest BCUT2D eigenvalue weighted by atomic mass is 16.5. The molecule has 0 aliphatic heterocycles. The summed E-state index contributed by atoms with van der Waals surface area (Å²) in [5.41, 5.74) is 3.51. The highest BCUT2D eigenvalue weighted by Crippen LogP contribution is 2.21. The molecule has 4 nitrogen and oxygen atoms in total. The molecule has 1 aromatic carbocycles. The van der Waals surface area contributed by atoms with Crippen LogP contribution in [0.2, 0.25) is 0 Å². The maximum atomic E-state index is 12.8. The molecule has 0 aliphatic rings. The number of benzene rings is 1. The first kappa shape index (κ1) is 15.3. The van der Waals surface area contributed by atoms with E-state index < -0.39 is 0 Å². The Hall–Kier alpha value is -2.10. The van der Waals surface area contributed by atoms with Crippen LogP contribution in [0.4, 0.5) is 0 Å². The number of carbonyl (C=O) groups excluding carboxylic acids is 1. The zero-order valence-electron chi connectivity index (χ0n) is 13.1.